The van der Waals surface area contributed by atoms with Gasteiger partial charge in [0.25, 0.3) is 5.91 Å². The fraction of sp³-hybridized carbons (Fsp3) is 0.235. The number of benzene rings is 2. The predicted octanol–water partition coefficient (Wildman–Crippen LogP) is 5.51. The summed E-state index contributed by atoms with van der Waals surface area (Å²) in [7, 11) is 0. The molecule has 2 aromatic rings. The van der Waals surface area contributed by atoms with Crippen LogP contribution in [0.1, 0.15) is 35.7 Å². The number of hydrogen-bond acceptors (Lipinski definition) is 2. The summed E-state index contributed by atoms with van der Waals surface area (Å²) < 4.78 is 1.19. The molecular weight excluding hydrogens is 410 g/mol. The fourth-order valence-electron chi connectivity index (χ4n) is 2.07. The second kappa shape index (κ2) is 7.79. The molecule has 3 nitrogen and oxygen atoms in total. The Morgan fingerprint density at radius 3 is 2.50 bits per heavy atom. The first-order valence-corrected chi connectivity index (χ1v) is 8.68. The smallest absolute Gasteiger partial charge is 0.259 e. The van der Waals surface area contributed by atoms with Crippen molar-refractivity contribution in [2.24, 2.45) is 0 Å². The molecule has 0 saturated heterocycles. The molecular formula is C17H17Br2NO2. The fourth-order valence-corrected chi connectivity index (χ4v) is 3.30. The molecule has 2 N–H and O–H groups in total. The van der Waals surface area contributed by atoms with Gasteiger partial charge in [-0.05, 0) is 58.6 Å². The normalized spacial score (nSPS) is 10.5. The molecule has 0 aliphatic heterocycles. The number of hydrogen-bond donors (Lipinski definition) is 2. The van der Waals surface area contributed by atoms with E-state index in [1.165, 1.54) is 5.56 Å². The van der Waals surface area contributed by atoms with Crippen LogP contribution >= 0.6 is 31.9 Å². The van der Waals surface area contributed by atoms with Crippen LogP contribution in [-0.4, -0.2) is 11.0 Å². The first kappa shape index (κ1) is 17.0. The van der Waals surface area contributed by atoms with Crippen molar-refractivity contribution in [2.45, 2.75) is 26.2 Å². The van der Waals surface area contributed by atoms with Gasteiger partial charge in [-0.3, -0.25) is 4.79 Å². The van der Waals surface area contributed by atoms with Crippen LogP contribution in [0.3, 0.4) is 0 Å². The zero-order chi connectivity index (χ0) is 16.1. The van der Waals surface area contributed by atoms with E-state index in [-0.39, 0.29) is 17.2 Å². The zero-order valence-corrected chi connectivity index (χ0v) is 15.4. The summed E-state index contributed by atoms with van der Waals surface area (Å²) in [6.07, 6.45) is 3.37. The van der Waals surface area contributed by atoms with Gasteiger partial charge in [0.15, 0.2) is 0 Å². The summed E-state index contributed by atoms with van der Waals surface area (Å²) in [5.41, 5.74) is 2.19. The molecule has 0 aliphatic carbocycles. The number of amides is 1. The van der Waals surface area contributed by atoms with Gasteiger partial charge in [-0.25, -0.2) is 0 Å². The number of rotatable bonds is 5. The van der Waals surface area contributed by atoms with Crippen molar-refractivity contribution in [1.29, 1.82) is 0 Å². The van der Waals surface area contributed by atoms with Gasteiger partial charge < -0.3 is 10.4 Å². The molecule has 0 spiro atoms. The van der Waals surface area contributed by atoms with E-state index >= 15 is 0 Å². The number of carbonyl (C=O) groups excluding carboxylic acids is 1. The number of halogens is 2. The van der Waals surface area contributed by atoms with E-state index in [2.05, 4.69) is 44.1 Å². The van der Waals surface area contributed by atoms with Crippen molar-refractivity contribution in [3.05, 3.63) is 56.5 Å². The summed E-state index contributed by atoms with van der Waals surface area (Å²) in [6, 6.07) is 11.1. The van der Waals surface area contributed by atoms with Crippen LogP contribution < -0.4 is 5.32 Å². The van der Waals surface area contributed by atoms with Crippen LogP contribution in [0.4, 0.5) is 5.69 Å². The Balaban J connectivity index is 2.12. The highest BCUT2D eigenvalue weighted by Gasteiger charge is 2.15. The Kier molecular flexibility index (Phi) is 6.03. The van der Waals surface area contributed by atoms with Crippen LogP contribution in [0.15, 0.2) is 45.3 Å². The average molecular weight is 427 g/mol. The Labute approximate surface area is 147 Å². The lowest BCUT2D eigenvalue weighted by molar-refractivity contribution is 0.102. The maximum Gasteiger partial charge on any atom is 0.259 e. The highest BCUT2D eigenvalue weighted by Crippen LogP contribution is 2.32. The van der Waals surface area contributed by atoms with Crippen molar-refractivity contribution >= 4 is 43.5 Å². The molecule has 2 aromatic carbocycles. The molecule has 5 heteroatoms. The summed E-state index contributed by atoms with van der Waals surface area (Å²) in [5.74, 6) is -0.416. The maximum atomic E-state index is 12.3. The molecule has 116 valence electrons. The SMILES string of the molecule is CCCCc1ccc(NC(=O)c2cc(Br)cc(Br)c2O)cc1. The standard InChI is InChI=1S/C17H17Br2NO2/c1-2-3-4-11-5-7-13(8-6-11)20-17(22)14-9-12(18)10-15(19)16(14)21/h5-10,21H,2-4H2,1H3,(H,20,22). The third-order valence-corrected chi connectivity index (χ3v) is 4.37. The first-order chi connectivity index (χ1) is 10.5. The number of aromatic hydroxyl groups is 1. The minimum atomic E-state index is -0.346. The number of aryl methyl sites for hydroxylation is 1. The van der Waals surface area contributed by atoms with Crippen LogP contribution in [0.5, 0.6) is 5.75 Å². The van der Waals surface area contributed by atoms with E-state index in [0.29, 0.717) is 10.2 Å². The van der Waals surface area contributed by atoms with E-state index in [9.17, 15) is 9.90 Å². The lowest BCUT2D eigenvalue weighted by atomic mass is 10.1. The molecule has 0 fully saturated rings. The molecule has 0 saturated carbocycles. The molecule has 0 aliphatic rings. The van der Waals surface area contributed by atoms with Gasteiger partial charge in [0, 0.05) is 10.2 Å². The third kappa shape index (κ3) is 4.34. The van der Waals surface area contributed by atoms with Gasteiger partial charge in [-0.2, -0.15) is 0 Å². The van der Waals surface area contributed by atoms with E-state index in [1.807, 2.05) is 24.3 Å². The minimum absolute atomic E-state index is 0.0692. The summed E-state index contributed by atoms with van der Waals surface area (Å²) >= 11 is 6.54. The predicted molar refractivity (Wildman–Crippen MR) is 96.5 cm³/mol. The topological polar surface area (TPSA) is 49.3 Å². The van der Waals surface area contributed by atoms with Crippen LogP contribution in [0.2, 0.25) is 0 Å². The van der Waals surface area contributed by atoms with Gasteiger partial charge in [0.2, 0.25) is 0 Å². The van der Waals surface area contributed by atoms with Gasteiger partial charge in [0.1, 0.15) is 5.75 Å². The number of phenols is 1. The maximum absolute atomic E-state index is 12.3. The number of unbranched alkanes of at least 4 members (excludes halogenated alkanes) is 1. The lowest BCUT2D eigenvalue weighted by Crippen LogP contribution is -2.12. The summed E-state index contributed by atoms with van der Waals surface area (Å²) in [5, 5.41) is 12.8. The van der Waals surface area contributed by atoms with E-state index < -0.39 is 0 Å². The Bertz CT molecular complexity index is 669. The van der Waals surface area contributed by atoms with Crippen molar-refractivity contribution in [3.8, 4) is 5.75 Å². The average Bonchev–Trinajstić information content (AvgIpc) is 2.50. The molecule has 0 radical (unpaired) electrons. The Morgan fingerprint density at radius 1 is 1.18 bits per heavy atom. The molecule has 0 aromatic heterocycles. The highest BCUT2D eigenvalue weighted by molar-refractivity contribution is 9.11. The van der Waals surface area contributed by atoms with Crippen LogP contribution in [-0.2, 0) is 6.42 Å². The van der Waals surface area contributed by atoms with Gasteiger partial charge in [-0.15, -0.1) is 0 Å². The molecule has 0 bridgehead atoms. The monoisotopic (exact) mass is 425 g/mol. The summed E-state index contributed by atoms with van der Waals surface area (Å²) in [6.45, 7) is 2.16. The van der Waals surface area contributed by atoms with E-state index in [1.54, 1.807) is 12.1 Å². The second-order valence-electron chi connectivity index (χ2n) is 5.04. The number of carbonyl (C=O) groups is 1. The molecule has 0 atom stereocenters. The van der Waals surface area contributed by atoms with E-state index in [0.717, 1.165) is 23.7 Å². The molecule has 0 unspecified atom stereocenters. The number of nitrogens with one attached hydrogen (secondary N) is 1. The molecule has 2 rings (SSSR count). The second-order valence-corrected chi connectivity index (χ2v) is 6.81. The van der Waals surface area contributed by atoms with E-state index in [4.69, 9.17) is 0 Å². The highest BCUT2D eigenvalue weighted by atomic mass is 79.9. The summed E-state index contributed by atoms with van der Waals surface area (Å²) in [4.78, 5) is 12.3. The molecule has 1 amide bonds. The largest absolute Gasteiger partial charge is 0.506 e. The van der Waals surface area contributed by atoms with Crippen molar-refractivity contribution in [3.63, 3.8) is 0 Å². The zero-order valence-electron chi connectivity index (χ0n) is 12.2. The van der Waals surface area contributed by atoms with Gasteiger partial charge >= 0.3 is 0 Å². The third-order valence-electron chi connectivity index (χ3n) is 3.30. The first-order valence-electron chi connectivity index (χ1n) is 7.09. The Hall–Kier alpha value is -1.33. The van der Waals surface area contributed by atoms with Crippen LogP contribution in [0, 0.1) is 0 Å². The number of phenolic OH excluding ortho intramolecular Hbond substituents is 1. The minimum Gasteiger partial charge on any atom is -0.506 e. The molecule has 0 heterocycles. The lowest BCUT2D eigenvalue weighted by Gasteiger charge is -2.09. The molecule has 22 heavy (non-hydrogen) atoms. The van der Waals surface area contributed by atoms with Crippen molar-refractivity contribution in [1.82, 2.24) is 0 Å². The Morgan fingerprint density at radius 2 is 1.86 bits per heavy atom. The van der Waals surface area contributed by atoms with Gasteiger partial charge in [-0.1, -0.05) is 41.4 Å². The van der Waals surface area contributed by atoms with Gasteiger partial charge in [0.05, 0.1) is 10.0 Å². The quantitative estimate of drug-likeness (QED) is 0.661. The van der Waals surface area contributed by atoms with Crippen molar-refractivity contribution in [2.75, 3.05) is 5.32 Å². The number of anilines is 1. The van der Waals surface area contributed by atoms with Crippen molar-refractivity contribution < 1.29 is 9.90 Å². The van der Waals surface area contributed by atoms with Crippen LogP contribution in [0.25, 0.3) is 0 Å².